The monoisotopic (exact) mass is 384 g/mol. The van der Waals surface area contributed by atoms with Crippen molar-refractivity contribution < 1.29 is 22.7 Å². The van der Waals surface area contributed by atoms with E-state index in [0.29, 0.717) is 10.6 Å². The zero-order chi connectivity index (χ0) is 18.2. The standard InChI is InChI=1S/C16H17FN2O4S2/c1-10-15(9-14(24-10)16(20)21)25(22,23)18-12-6-11(17)7-13(8-12)19-4-2-3-5-19/h6-9,18H,2-5H2,1H3,(H,20,21). The number of halogens is 1. The Morgan fingerprint density at radius 3 is 2.52 bits per heavy atom. The third kappa shape index (κ3) is 3.77. The van der Waals surface area contributed by atoms with Gasteiger partial charge < -0.3 is 10.0 Å². The molecule has 0 radical (unpaired) electrons. The first-order chi connectivity index (χ1) is 11.8. The van der Waals surface area contributed by atoms with E-state index in [4.69, 9.17) is 5.11 Å². The fraction of sp³-hybridized carbons (Fsp3) is 0.312. The lowest BCUT2D eigenvalue weighted by atomic mass is 10.2. The molecule has 2 heterocycles. The number of carboxylic acids is 1. The SMILES string of the molecule is Cc1sc(C(=O)O)cc1S(=O)(=O)Nc1cc(F)cc(N2CCCC2)c1. The number of hydrogen-bond acceptors (Lipinski definition) is 5. The maximum Gasteiger partial charge on any atom is 0.345 e. The lowest BCUT2D eigenvalue weighted by molar-refractivity contribution is 0.0702. The van der Waals surface area contributed by atoms with Crippen molar-refractivity contribution in [3.63, 3.8) is 0 Å². The van der Waals surface area contributed by atoms with Gasteiger partial charge in [-0.3, -0.25) is 4.72 Å². The number of aromatic carboxylic acids is 1. The highest BCUT2D eigenvalue weighted by Crippen LogP contribution is 2.30. The third-order valence-electron chi connectivity index (χ3n) is 3.98. The molecule has 0 amide bonds. The lowest BCUT2D eigenvalue weighted by Gasteiger charge is -2.19. The summed E-state index contributed by atoms with van der Waals surface area (Å²) in [6, 6.07) is 5.19. The highest BCUT2D eigenvalue weighted by atomic mass is 32.2. The van der Waals surface area contributed by atoms with Gasteiger partial charge in [0.1, 0.15) is 15.6 Å². The average Bonchev–Trinajstić information content (AvgIpc) is 3.15. The molecule has 134 valence electrons. The second-order valence-electron chi connectivity index (χ2n) is 5.83. The summed E-state index contributed by atoms with van der Waals surface area (Å²) in [7, 11) is -4.00. The Morgan fingerprint density at radius 2 is 1.92 bits per heavy atom. The highest BCUT2D eigenvalue weighted by molar-refractivity contribution is 7.93. The lowest BCUT2D eigenvalue weighted by Crippen LogP contribution is -2.19. The zero-order valence-electron chi connectivity index (χ0n) is 13.5. The van der Waals surface area contributed by atoms with Crippen molar-refractivity contribution in [1.29, 1.82) is 0 Å². The Morgan fingerprint density at radius 1 is 1.24 bits per heavy atom. The fourth-order valence-corrected chi connectivity index (χ4v) is 5.31. The molecule has 1 aromatic heterocycles. The van der Waals surface area contributed by atoms with Crippen molar-refractivity contribution in [2.75, 3.05) is 22.7 Å². The van der Waals surface area contributed by atoms with Crippen LogP contribution in [0.15, 0.2) is 29.2 Å². The van der Waals surface area contributed by atoms with Gasteiger partial charge in [-0.25, -0.2) is 17.6 Å². The Labute approximate surface area is 149 Å². The number of nitrogens with one attached hydrogen (secondary N) is 1. The van der Waals surface area contributed by atoms with Crippen molar-refractivity contribution in [1.82, 2.24) is 0 Å². The third-order valence-corrected chi connectivity index (χ3v) is 6.65. The Bertz CT molecular complexity index is 918. The van der Waals surface area contributed by atoms with Crippen molar-refractivity contribution >= 4 is 38.7 Å². The fourth-order valence-electron chi connectivity index (χ4n) is 2.84. The second-order valence-corrected chi connectivity index (χ2v) is 8.74. The van der Waals surface area contributed by atoms with Crippen LogP contribution < -0.4 is 9.62 Å². The number of hydrogen-bond donors (Lipinski definition) is 2. The van der Waals surface area contributed by atoms with Crippen LogP contribution in [-0.2, 0) is 10.0 Å². The van der Waals surface area contributed by atoms with E-state index in [9.17, 15) is 17.6 Å². The molecule has 2 aromatic rings. The quantitative estimate of drug-likeness (QED) is 0.826. The summed E-state index contributed by atoms with van der Waals surface area (Å²) in [5.74, 6) is -1.72. The molecule has 1 aliphatic rings. The molecular weight excluding hydrogens is 367 g/mol. The van der Waals surface area contributed by atoms with Crippen molar-refractivity contribution in [3.8, 4) is 0 Å². The van der Waals surface area contributed by atoms with Crippen molar-refractivity contribution in [2.24, 2.45) is 0 Å². The number of sulfonamides is 1. The van der Waals surface area contributed by atoms with Crippen LogP contribution >= 0.6 is 11.3 Å². The van der Waals surface area contributed by atoms with E-state index in [2.05, 4.69) is 4.72 Å². The summed E-state index contributed by atoms with van der Waals surface area (Å²) in [4.78, 5) is 13.2. The Balaban J connectivity index is 1.91. The van der Waals surface area contributed by atoms with Crippen LogP contribution in [-0.4, -0.2) is 32.6 Å². The Hall–Kier alpha value is -2.13. The van der Waals surface area contributed by atoms with Gasteiger partial charge in [-0.1, -0.05) is 0 Å². The van der Waals surface area contributed by atoms with Crippen LogP contribution in [0.25, 0.3) is 0 Å². The second kappa shape index (κ2) is 6.64. The minimum absolute atomic E-state index is 0.0603. The van der Waals surface area contributed by atoms with Gasteiger partial charge in [-0.15, -0.1) is 11.3 Å². The molecular formula is C16H17FN2O4S2. The van der Waals surface area contributed by atoms with Gasteiger partial charge in [0, 0.05) is 23.7 Å². The van der Waals surface area contributed by atoms with E-state index in [1.807, 2.05) is 4.90 Å². The van der Waals surface area contributed by atoms with Crippen molar-refractivity contribution in [2.45, 2.75) is 24.7 Å². The molecule has 1 aromatic carbocycles. The predicted molar refractivity (Wildman–Crippen MR) is 94.7 cm³/mol. The minimum atomic E-state index is -4.00. The van der Waals surface area contributed by atoms with Crippen molar-refractivity contribution in [3.05, 3.63) is 39.8 Å². The van der Waals surface area contributed by atoms with Gasteiger partial charge in [-0.05, 0) is 44.0 Å². The molecule has 0 saturated carbocycles. The van der Waals surface area contributed by atoms with Crippen LogP contribution in [0.5, 0.6) is 0 Å². The molecule has 1 fully saturated rings. The van der Waals surface area contributed by atoms with E-state index >= 15 is 0 Å². The maximum absolute atomic E-state index is 13.9. The largest absolute Gasteiger partial charge is 0.477 e. The Kier molecular flexibility index (Phi) is 4.70. The average molecular weight is 384 g/mol. The van der Waals surface area contributed by atoms with E-state index in [1.165, 1.54) is 13.0 Å². The maximum atomic E-state index is 13.9. The summed E-state index contributed by atoms with van der Waals surface area (Å²) < 4.78 is 41.4. The van der Waals surface area contributed by atoms with Gasteiger partial charge >= 0.3 is 5.97 Å². The highest BCUT2D eigenvalue weighted by Gasteiger charge is 2.23. The molecule has 0 bridgehead atoms. The van der Waals surface area contributed by atoms with Crippen LogP contribution in [0.4, 0.5) is 15.8 Å². The summed E-state index contributed by atoms with van der Waals surface area (Å²) in [6.07, 6.45) is 2.03. The summed E-state index contributed by atoms with van der Waals surface area (Å²) in [5, 5.41) is 9.01. The normalized spacial score (nSPS) is 14.7. The topological polar surface area (TPSA) is 86.7 Å². The first kappa shape index (κ1) is 17.7. The van der Waals surface area contributed by atoms with E-state index in [-0.39, 0.29) is 15.5 Å². The van der Waals surface area contributed by atoms with Crippen LogP contribution in [0.3, 0.4) is 0 Å². The number of carbonyl (C=O) groups is 1. The molecule has 1 saturated heterocycles. The number of carboxylic acid groups (broad SMARTS) is 1. The van der Waals surface area contributed by atoms with E-state index < -0.39 is 21.8 Å². The number of benzene rings is 1. The molecule has 0 atom stereocenters. The first-order valence-corrected chi connectivity index (χ1v) is 9.98. The summed E-state index contributed by atoms with van der Waals surface area (Å²) >= 11 is 0.886. The molecule has 1 aliphatic heterocycles. The van der Waals surface area contributed by atoms with E-state index in [1.54, 1.807) is 6.07 Å². The number of thiophene rings is 1. The number of anilines is 2. The summed E-state index contributed by atoms with van der Waals surface area (Å²) in [6.45, 7) is 3.15. The van der Waals surface area contributed by atoms with Gasteiger partial charge in [0.05, 0.1) is 5.69 Å². The van der Waals surface area contributed by atoms with E-state index in [0.717, 1.165) is 49.4 Å². The minimum Gasteiger partial charge on any atom is -0.477 e. The smallest absolute Gasteiger partial charge is 0.345 e. The predicted octanol–water partition coefficient (Wildman–Crippen LogP) is 3.29. The molecule has 0 unspecified atom stereocenters. The molecule has 0 aliphatic carbocycles. The molecule has 9 heteroatoms. The van der Waals surface area contributed by atoms with Crippen LogP contribution in [0, 0.1) is 12.7 Å². The van der Waals surface area contributed by atoms with Gasteiger partial charge in [-0.2, -0.15) is 0 Å². The number of aryl methyl sites for hydroxylation is 1. The molecule has 6 nitrogen and oxygen atoms in total. The molecule has 2 N–H and O–H groups in total. The van der Waals surface area contributed by atoms with Crippen LogP contribution in [0.2, 0.25) is 0 Å². The van der Waals surface area contributed by atoms with Gasteiger partial charge in [0.15, 0.2) is 0 Å². The van der Waals surface area contributed by atoms with Crippen LogP contribution in [0.1, 0.15) is 27.4 Å². The number of rotatable bonds is 5. The molecule has 3 rings (SSSR count). The van der Waals surface area contributed by atoms with Gasteiger partial charge in [0.2, 0.25) is 0 Å². The first-order valence-electron chi connectivity index (χ1n) is 7.68. The number of nitrogens with zero attached hydrogens (tertiary/aromatic N) is 1. The molecule has 0 spiro atoms. The zero-order valence-corrected chi connectivity index (χ0v) is 15.1. The van der Waals surface area contributed by atoms with Gasteiger partial charge in [0.25, 0.3) is 10.0 Å². The summed E-state index contributed by atoms with van der Waals surface area (Å²) in [5.41, 5.74) is 0.743. The molecule has 25 heavy (non-hydrogen) atoms.